The first-order chi connectivity index (χ1) is 26.7. The molecule has 0 bridgehead atoms. The van der Waals surface area contributed by atoms with Crippen LogP contribution >= 0.6 is 0 Å². The number of carboxylic acids is 1. The second kappa shape index (κ2) is 47.7. The monoisotopic (exact) mass is 780 g/mol. The van der Waals surface area contributed by atoms with Crippen molar-refractivity contribution in [2.75, 3.05) is 125 Å². The number of carboxylic acid groups (broad SMARTS) is 1. The van der Waals surface area contributed by atoms with Crippen molar-refractivity contribution in [3.63, 3.8) is 0 Å². The van der Waals surface area contributed by atoms with Gasteiger partial charge in [-0.2, -0.15) is 0 Å². The van der Waals surface area contributed by atoms with Crippen LogP contribution in [0, 0.1) is 0 Å². The third kappa shape index (κ3) is 48.6. The van der Waals surface area contributed by atoms with Crippen molar-refractivity contribution in [2.45, 2.75) is 129 Å². The van der Waals surface area contributed by atoms with E-state index in [0.717, 1.165) is 13.0 Å². The molecular formula is C41H81NO12. The number of nitrogens with one attached hydrogen (secondary N) is 1. The third-order valence-electron chi connectivity index (χ3n) is 8.47. The van der Waals surface area contributed by atoms with Crippen LogP contribution in [0.1, 0.15) is 129 Å². The molecule has 0 spiro atoms. The number of rotatable bonds is 48. The highest BCUT2D eigenvalue weighted by atomic mass is 16.6. The zero-order chi connectivity index (χ0) is 39.1. The van der Waals surface area contributed by atoms with Crippen molar-refractivity contribution in [3.05, 3.63) is 0 Å². The lowest BCUT2D eigenvalue weighted by Gasteiger charge is -2.09. The molecule has 0 radical (unpaired) electrons. The van der Waals surface area contributed by atoms with Crippen LogP contribution < -0.4 is 5.32 Å². The Morgan fingerprint density at radius 1 is 0.352 bits per heavy atom. The summed E-state index contributed by atoms with van der Waals surface area (Å²) in [6, 6.07) is 0. The number of carbonyl (C=O) groups is 2. The Morgan fingerprint density at radius 2 is 0.611 bits per heavy atom. The zero-order valence-corrected chi connectivity index (χ0v) is 34.3. The number of unbranched alkanes of at least 4 members (excludes halogenated alkanes) is 15. The first-order valence-corrected chi connectivity index (χ1v) is 21.3. The van der Waals surface area contributed by atoms with Gasteiger partial charge in [0.15, 0.2) is 0 Å². The molecule has 13 heteroatoms. The summed E-state index contributed by atoms with van der Waals surface area (Å²) in [5.41, 5.74) is 0. The largest absolute Gasteiger partial charge is 0.481 e. The lowest BCUT2D eigenvalue weighted by atomic mass is 10.0. The molecule has 0 fully saturated rings. The van der Waals surface area contributed by atoms with Gasteiger partial charge in [-0.1, -0.05) is 103 Å². The first-order valence-electron chi connectivity index (χ1n) is 21.3. The lowest BCUT2D eigenvalue weighted by Crippen LogP contribution is -2.25. The van der Waals surface area contributed by atoms with E-state index in [2.05, 4.69) is 12.2 Å². The smallest absolute Gasteiger partial charge is 0.303 e. The van der Waals surface area contributed by atoms with Crippen LogP contribution in [0.4, 0.5) is 0 Å². The maximum atomic E-state index is 11.4. The Kier molecular flexibility index (Phi) is 46.5. The van der Waals surface area contributed by atoms with Crippen molar-refractivity contribution in [2.24, 2.45) is 0 Å². The molecule has 0 atom stereocenters. The number of hydrogen-bond donors (Lipinski definition) is 2. The van der Waals surface area contributed by atoms with Gasteiger partial charge in [-0.05, 0) is 12.8 Å². The Bertz CT molecular complexity index is 749. The summed E-state index contributed by atoms with van der Waals surface area (Å²) in [5.74, 6) is -1.24. The summed E-state index contributed by atoms with van der Waals surface area (Å²) >= 11 is 0. The summed E-state index contributed by atoms with van der Waals surface area (Å²) in [6.07, 6.45) is 22.6. The molecule has 0 aromatic carbocycles. The van der Waals surface area contributed by atoms with Gasteiger partial charge in [0.1, 0.15) is 0 Å². The zero-order valence-electron chi connectivity index (χ0n) is 34.3. The molecule has 0 saturated carbocycles. The van der Waals surface area contributed by atoms with Crippen molar-refractivity contribution in [3.8, 4) is 0 Å². The Hall–Kier alpha value is -1.42. The van der Waals surface area contributed by atoms with Crippen LogP contribution in [-0.4, -0.2) is 142 Å². The van der Waals surface area contributed by atoms with Gasteiger partial charge in [-0.15, -0.1) is 0 Å². The molecule has 0 aliphatic heterocycles. The van der Waals surface area contributed by atoms with E-state index >= 15 is 0 Å². The predicted molar refractivity (Wildman–Crippen MR) is 211 cm³/mol. The average molecular weight is 780 g/mol. The number of amides is 1. The minimum atomic E-state index is -0.978. The number of ether oxygens (including phenoxy) is 9. The third-order valence-corrected chi connectivity index (χ3v) is 8.47. The van der Waals surface area contributed by atoms with E-state index in [0.29, 0.717) is 125 Å². The van der Waals surface area contributed by atoms with E-state index in [9.17, 15) is 9.59 Å². The van der Waals surface area contributed by atoms with E-state index < -0.39 is 5.97 Å². The van der Waals surface area contributed by atoms with Gasteiger partial charge < -0.3 is 53.1 Å². The fraction of sp³-hybridized carbons (Fsp3) is 0.951. The summed E-state index contributed by atoms with van der Waals surface area (Å²) in [6.45, 7) is 12.3. The molecule has 1 amide bonds. The topological polar surface area (TPSA) is 149 Å². The van der Waals surface area contributed by atoms with Crippen LogP contribution in [0.3, 0.4) is 0 Å². The van der Waals surface area contributed by atoms with Gasteiger partial charge in [-0.3, -0.25) is 9.59 Å². The van der Waals surface area contributed by atoms with Crippen molar-refractivity contribution < 1.29 is 57.3 Å². The van der Waals surface area contributed by atoms with Crippen LogP contribution in [-0.2, 0) is 52.2 Å². The molecule has 0 heterocycles. The highest BCUT2D eigenvalue weighted by Gasteiger charge is 2.04. The van der Waals surface area contributed by atoms with Gasteiger partial charge >= 0.3 is 5.97 Å². The number of carbonyl (C=O) groups excluding carboxylic acids is 1. The highest BCUT2D eigenvalue weighted by Crippen LogP contribution is 2.13. The van der Waals surface area contributed by atoms with E-state index in [-0.39, 0.29) is 18.7 Å². The van der Waals surface area contributed by atoms with E-state index in [1.165, 1.54) is 96.3 Å². The molecule has 0 rings (SSSR count). The predicted octanol–water partition coefficient (Wildman–Crippen LogP) is 6.77. The van der Waals surface area contributed by atoms with Gasteiger partial charge in [0.25, 0.3) is 0 Å². The molecule has 13 nitrogen and oxygen atoms in total. The minimum absolute atomic E-state index is 0.00558. The summed E-state index contributed by atoms with van der Waals surface area (Å²) in [4.78, 5) is 21.8. The molecule has 0 saturated heterocycles. The minimum Gasteiger partial charge on any atom is -0.481 e. The Morgan fingerprint density at radius 3 is 0.907 bits per heavy atom. The van der Waals surface area contributed by atoms with Gasteiger partial charge in [0.2, 0.25) is 5.91 Å². The lowest BCUT2D eigenvalue weighted by molar-refractivity contribution is -0.138. The fourth-order valence-corrected chi connectivity index (χ4v) is 5.32. The fourth-order valence-electron chi connectivity index (χ4n) is 5.32. The van der Waals surface area contributed by atoms with Crippen molar-refractivity contribution >= 4 is 11.9 Å². The SMILES string of the molecule is CCCCCCCCCCCCCCCCCCOCCOCCOCCOCCOCCOCCOCCOCCOCCCNC(=O)CCC(=O)O. The quantitative estimate of drug-likeness (QED) is 0.0628. The van der Waals surface area contributed by atoms with Gasteiger partial charge in [0, 0.05) is 26.2 Å². The molecule has 0 aromatic rings. The summed E-state index contributed by atoms with van der Waals surface area (Å²) < 4.78 is 49.6. The van der Waals surface area contributed by atoms with Gasteiger partial charge in [0.05, 0.1) is 112 Å². The first kappa shape index (κ1) is 52.6. The standard InChI is InChI=1S/C41H81NO12/c1-2-3-4-5-6-7-8-9-10-11-12-13-14-15-16-17-22-46-24-26-48-28-30-50-32-34-52-36-38-54-39-37-53-35-33-51-31-29-49-27-25-47-23-18-21-42-40(43)19-20-41(44)45/h2-39H2,1H3,(H,42,43)(H,44,45). The molecule has 0 aliphatic rings. The highest BCUT2D eigenvalue weighted by molar-refractivity contribution is 5.80. The van der Waals surface area contributed by atoms with Crippen LogP contribution in [0.2, 0.25) is 0 Å². The molecule has 0 unspecified atom stereocenters. The van der Waals surface area contributed by atoms with E-state index in [4.69, 9.17) is 47.7 Å². The van der Waals surface area contributed by atoms with Crippen molar-refractivity contribution in [1.29, 1.82) is 0 Å². The molecule has 54 heavy (non-hydrogen) atoms. The Balaban J connectivity index is 3.08. The molecule has 2 N–H and O–H groups in total. The van der Waals surface area contributed by atoms with Crippen molar-refractivity contribution in [1.82, 2.24) is 5.32 Å². The Labute approximate surface area is 328 Å². The molecule has 0 aliphatic carbocycles. The summed E-state index contributed by atoms with van der Waals surface area (Å²) in [5, 5.41) is 11.2. The normalized spacial score (nSPS) is 11.4. The average Bonchev–Trinajstić information content (AvgIpc) is 3.17. The maximum absolute atomic E-state index is 11.4. The summed E-state index contributed by atoms with van der Waals surface area (Å²) in [7, 11) is 0. The molecule has 0 aromatic heterocycles. The molecular weight excluding hydrogens is 698 g/mol. The van der Waals surface area contributed by atoms with Crippen LogP contribution in [0.15, 0.2) is 0 Å². The number of aliphatic carboxylic acids is 1. The maximum Gasteiger partial charge on any atom is 0.303 e. The van der Waals surface area contributed by atoms with E-state index in [1.807, 2.05) is 0 Å². The van der Waals surface area contributed by atoms with Crippen LogP contribution in [0.25, 0.3) is 0 Å². The number of hydrogen-bond acceptors (Lipinski definition) is 11. The van der Waals surface area contributed by atoms with Crippen LogP contribution in [0.5, 0.6) is 0 Å². The second-order valence-corrected chi connectivity index (χ2v) is 13.4. The second-order valence-electron chi connectivity index (χ2n) is 13.4. The van der Waals surface area contributed by atoms with E-state index in [1.54, 1.807) is 0 Å². The molecule has 322 valence electrons. The van der Waals surface area contributed by atoms with Gasteiger partial charge in [-0.25, -0.2) is 0 Å².